The molecule has 0 aliphatic rings. The van der Waals surface area contributed by atoms with Gasteiger partial charge in [-0.3, -0.25) is 0 Å². The molecular formula is C13H14FNOS. The summed E-state index contributed by atoms with van der Waals surface area (Å²) >= 11 is 1.56. The Balaban J connectivity index is 2.36. The molecule has 0 bridgehead atoms. The molecule has 4 heteroatoms. The number of hydrogen-bond acceptors (Lipinski definition) is 3. The quantitative estimate of drug-likeness (QED) is 0.901. The molecule has 2 aromatic rings. The van der Waals surface area contributed by atoms with Crippen LogP contribution in [0.3, 0.4) is 0 Å². The highest BCUT2D eigenvalue weighted by molar-refractivity contribution is 7.10. The topological polar surface area (TPSA) is 21.3 Å². The van der Waals surface area contributed by atoms with Crippen LogP contribution < -0.4 is 10.1 Å². The monoisotopic (exact) mass is 251 g/mol. The molecule has 0 radical (unpaired) electrons. The van der Waals surface area contributed by atoms with Crippen molar-refractivity contribution >= 4 is 11.3 Å². The Morgan fingerprint density at radius 2 is 2.12 bits per heavy atom. The van der Waals surface area contributed by atoms with E-state index in [9.17, 15) is 4.39 Å². The Morgan fingerprint density at radius 1 is 1.35 bits per heavy atom. The highest BCUT2D eigenvalue weighted by atomic mass is 32.1. The molecule has 90 valence electrons. The third kappa shape index (κ3) is 2.48. The predicted molar refractivity (Wildman–Crippen MR) is 68.2 cm³/mol. The van der Waals surface area contributed by atoms with Crippen LogP contribution in [-0.4, -0.2) is 14.2 Å². The average molecular weight is 251 g/mol. The Hall–Kier alpha value is -1.39. The first-order valence-electron chi connectivity index (χ1n) is 5.30. The first-order valence-corrected chi connectivity index (χ1v) is 6.18. The van der Waals surface area contributed by atoms with Gasteiger partial charge in [0.05, 0.1) is 13.2 Å². The zero-order valence-corrected chi connectivity index (χ0v) is 10.6. The maximum absolute atomic E-state index is 13.7. The van der Waals surface area contributed by atoms with Crippen LogP contribution in [0.1, 0.15) is 16.5 Å². The molecule has 17 heavy (non-hydrogen) atoms. The lowest BCUT2D eigenvalue weighted by Gasteiger charge is -2.15. The van der Waals surface area contributed by atoms with Crippen molar-refractivity contribution < 1.29 is 9.13 Å². The van der Waals surface area contributed by atoms with Gasteiger partial charge in [0.15, 0.2) is 0 Å². The van der Waals surface area contributed by atoms with Crippen LogP contribution in [0.2, 0.25) is 0 Å². The van der Waals surface area contributed by atoms with Crippen molar-refractivity contribution in [2.45, 2.75) is 6.04 Å². The molecule has 1 N–H and O–H groups in total. The van der Waals surface area contributed by atoms with Gasteiger partial charge in [0.2, 0.25) is 0 Å². The summed E-state index contributed by atoms with van der Waals surface area (Å²) < 4.78 is 18.9. The Bertz CT molecular complexity index is 498. The molecule has 0 amide bonds. The lowest BCUT2D eigenvalue weighted by atomic mass is 10.1. The minimum Gasteiger partial charge on any atom is -0.496 e. The van der Waals surface area contributed by atoms with Gasteiger partial charge < -0.3 is 10.1 Å². The normalized spacial score (nSPS) is 12.4. The molecule has 2 rings (SSSR count). The van der Waals surface area contributed by atoms with Crippen LogP contribution >= 0.6 is 11.3 Å². The first kappa shape index (κ1) is 12.1. The molecule has 0 saturated carbocycles. The minimum absolute atomic E-state index is 0.134. The van der Waals surface area contributed by atoms with Crippen molar-refractivity contribution in [3.05, 3.63) is 52.0 Å². The van der Waals surface area contributed by atoms with Gasteiger partial charge in [-0.2, -0.15) is 0 Å². The van der Waals surface area contributed by atoms with Gasteiger partial charge in [-0.1, -0.05) is 18.2 Å². The van der Waals surface area contributed by atoms with Crippen molar-refractivity contribution in [3.8, 4) is 5.75 Å². The number of thiophene rings is 1. The summed E-state index contributed by atoms with van der Waals surface area (Å²) in [4.78, 5) is 1.04. The van der Waals surface area contributed by atoms with E-state index in [2.05, 4.69) is 5.32 Å². The predicted octanol–water partition coefficient (Wildman–Crippen LogP) is 3.20. The minimum atomic E-state index is -0.195. The van der Waals surface area contributed by atoms with Crippen LogP contribution in [-0.2, 0) is 0 Å². The molecule has 1 aromatic carbocycles. The van der Waals surface area contributed by atoms with E-state index in [-0.39, 0.29) is 11.9 Å². The molecule has 0 aliphatic carbocycles. The van der Waals surface area contributed by atoms with Crippen molar-refractivity contribution in [3.63, 3.8) is 0 Å². The van der Waals surface area contributed by atoms with Crippen molar-refractivity contribution in [1.82, 2.24) is 5.32 Å². The van der Waals surface area contributed by atoms with Gasteiger partial charge in [-0.05, 0) is 19.2 Å². The van der Waals surface area contributed by atoms with E-state index in [1.54, 1.807) is 30.6 Å². The second kappa shape index (κ2) is 5.29. The molecule has 0 spiro atoms. The maximum atomic E-state index is 13.7. The largest absolute Gasteiger partial charge is 0.496 e. The molecule has 0 aliphatic heterocycles. The zero-order chi connectivity index (χ0) is 12.3. The number of halogens is 1. The highest BCUT2D eigenvalue weighted by Crippen LogP contribution is 2.31. The Labute approximate surface area is 104 Å². The van der Waals surface area contributed by atoms with Gasteiger partial charge in [0, 0.05) is 15.8 Å². The first-order chi connectivity index (χ1) is 8.26. The van der Waals surface area contributed by atoms with E-state index >= 15 is 0 Å². The summed E-state index contributed by atoms with van der Waals surface area (Å²) in [6.45, 7) is 0. The molecule has 2 nitrogen and oxygen atoms in total. The molecule has 1 aromatic heterocycles. The van der Waals surface area contributed by atoms with Crippen molar-refractivity contribution in [2.75, 3.05) is 14.2 Å². The smallest absolute Gasteiger partial charge is 0.129 e. The van der Waals surface area contributed by atoms with Gasteiger partial charge in [0.1, 0.15) is 11.6 Å². The summed E-state index contributed by atoms with van der Waals surface area (Å²) in [6, 6.07) is 8.60. The van der Waals surface area contributed by atoms with Crippen LogP contribution in [0.15, 0.2) is 35.7 Å². The van der Waals surface area contributed by atoms with E-state index in [1.807, 2.05) is 24.6 Å². The fourth-order valence-electron chi connectivity index (χ4n) is 1.75. The molecule has 1 heterocycles. The molecule has 0 saturated heterocycles. The molecular weight excluding hydrogens is 237 g/mol. The fourth-order valence-corrected chi connectivity index (χ4v) is 2.73. The number of methoxy groups -OCH3 is 1. The van der Waals surface area contributed by atoms with Crippen molar-refractivity contribution in [2.24, 2.45) is 0 Å². The van der Waals surface area contributed by atoms with Gasteiger partial charge in [-0.25, -0.2) is 4.39 Å². The highest BCUT2D eigenvalue weighted by Gasteiger charge is 2.17. The summed E-state index contributed by atoms with van der Waals surface area (Å²) in [6.07, 6.45) is 0. The van der Waals surface area contributed by atoms with Gasteiger partial charge in [-0.15, -0.1) is 11.3 Å². The van der Waals surface area contributed by atoms with Crippen LogP contribution in [0.4, 0.5) is 4.39 Å². The molecule has 1 atom stereocenters. The maximum Gasteiger partial charge on any atom is 0.129 e. The van der Waals surface area contributed by atoms with E-state index in [4.69, 9.17) is 4.74 Å². The second-order valence-corrected chi connectivity index (χ2v) is 4.57. The van der Waals surface area contributed by atoms with Gasteiger partial charge in [0.25, 0.3) is 0 Å². The second-order valence-electron chi connectivity index (χ2n) is 3.63. The van der Waals surface area contributed by atoms with E-state index in [0.717, 1.165) is 10.6 Å². The lowest BCUT2D eigenvalue weighted by molar-refractivity contribution is 0.416. The lowest BCUT2D eigenvalue weighted by Crippen LogP contribution is -2.17. The number of ether oxygens (including phenoxy) is 1. The number of nitrogens with one attached hydrogen (secondary N) is 1. The molecule has 0 fully saturated rings. The van der Waals surface area contributed by atoms with Crippen molar-refractivity contribution in [1.29, 1.82) is 0 Å². The zero-order valence-electron chi connectivity index (χ0n) is 9.74. The van der Waals surface area contributed by atoms with Crippen LogP contribution in [0, 0.1) is 5.82 Å². The summed E-state index contributed by atoms with van der Waals surface area (Å²) in [5.41, 5.74) is 0.652. The summed E-state index contributed by atoms with van der Waals surface area (Å²) in [5, 5.41) is 5.04. The summed E-state index contributed by atoms with van der Waals surface area (Å²) in [7, 11) is 3.45. The van der Waals surface area contributed by atoms with E-state index in [1.165, 1.54) is 6.07 Å². The third-order valence-corrected chi connectivity index (χ3v) is 3.60. The third-order valence-electron chi connectivity index (χ3n) is 2.62. The van der Waals surface area contributed by atoms with Gasteiger partial charge >= 0.3 is 0 Å². The number of hydrogen-bond donors (Lipinski definition) is 1. The number of rotatable bonds is 4. The number of benzene rings is 1. The van der Waals surface area contributed by atoms with Crippen LogP contribution in [0.25, 0.3) is 0 Å². The van der Waals surface area contributed by atoms with E-state index in [0.29, 0.717) is 5.56 Å². The Kier molecular flexibility index (Phi) is 3.76. The average Bonchev–Trinajstić information content (AvgIpc) is 2.81. The SMILES string of the molecule is CNC(c1cc(OC)cs1)c1ccccc1F. The standard InChI is InChI=1S/C13H14FNOS/c1-15-13(10-5-3-4-6-11(10)14)12-7-9(16-2)8-17-12/h3-8,13,15H,1-2H3. The van der Waals surface area contributed by atoms with Crippen LogP contribution in [0.5, 0.6) is 5.75 Å². The van der Waals surface area contributed by atoms with E-state index < -0.39 is 0 Å². The summed E-state index contributed by atoms with van der Waals surface area (Å²) in [5.74, 6) is 0.612. The molecule has 1 unspecified atom stereocenters. The Morgan fingerprint density at radius 3 is 2.71 bits per heavy atom. The fraction of sp³-hybridized carbons (Fsp3) is 0.231.